The summed E-state index contributed by atoms with van der Waals surface area (Å²) in [6.45, 7) is 9.01. The second-order valence-electron chi connectivity index (χ2n) is 14.0. The van der Waals surface area contributed by atoms with Crippen LogP contribution in [0.4, 0.5) is 43.3 Å². The summed E-state index contributed by atoms with van der Waals surface area (Å²) in [5.41, 5.74) is 3.25. The largest absolute Gasteiger partial charge is 0.494 e. The molecule has 2 aromatic carbocycles. The van der Waals surface area contributed by atoms with Gasteiger partial charge in [0.05, 0.1) is 45.2 Å². The van der Waals surface area contributed by atoms with Crippen molar-refractivity contribution >= 4 is 79.8 Å². The number of piperidine rings is 1. The van der Waals surface area contributed by atoms with E-state index in [2.05, 4.69) is 68.6 Å². The van der Waals surface area contributed by atoms with Gasteiger partial charge < -0.3 is 35.1 Å². The van der Waals surface area contributed by atoms with Crippen LogP contribution in [0.3, 0.4) is 0 Å². The van der Waals surface area contributed by atoms with Crippen molar-refractivity contribution in [3.63, 3.8) is 0 Å². The van der Waals surface area contributed by atoms with Gasteiger partial charge >= 0.3 is 0 Å². The molecule has 0 bridgehead atoms. The first-order valence-corrected chi connectivity index (χ1v) is 20.6. The van der Waals surface area contributed by atoms with Crippen molar-refractivity contribution in [1.29, 1.82) is 0 Å². The number of piperazine rings is 1. The van der Waals surface area contributed by atoms with Gasteiger partial charge in [0.2, 0.25) is 11.9 Å². The molecule has 0 radical (unpaired) electrons. The highest BCUT2D eigenvalue weighted by molar-refractivity contribution is 9.10. The molecule has 2 saturated heterocycles. The molecule has 1 saturated carbocycles. The van der Waals surface area contributed by atoms with Gasteiger partial charge in [0.1, 0.15) is 30.1 Å². The number of benzene rings is 2. The molecule has 17 heteroatoms. The van der Waals surface area contributed by atoms with E-state index >= 15 is 0 Å². The molecule has 276 valence electrons. The Hall–Kier alpha value is -3.98. The Balaban J connectivity index is 1.17. The number of hydrogen-bond acceptors (Lipinski definition) is 12. The number of fused-ring (bicyclic) bond motifs is 1. The van der Waals surface area contributed by atoms with Crippen LogP contribution in [0, 0.1) is 5.92 Å². The molecular formula is C35H42BrF2N10O3P. The molecule has 1 aliphatic carbocycles. The molecule has 4 heterocycles. The fraction of sp³-hybridized carbons (Fsp3) is 0.457. The van der Waals surface area contributed by atoms with Gasteiger partial charge in [-0.2, -0.15) is 4.98 Å². The van der Waals surface area contributed by atoms with E-state index in [1.54, 1.807) is 57.2 Å². The Labute approximate surface area is 309 Å². The third kappa shape index (κ3) is 7.71. The summed E-state index contributed by atoms with van der Waals surface area (Å²) >= 11 is 3.52. The highest BCUT2D eigenvalue weighted by Gasteiger charge is 2.61. The number of carbonyl (C=O) groups excluding carboxylic acids is 1. The molecule has 2 aromatic heterocycles. The molecule has 1 amide bonds. The number of methoxy groups -OCH3 is 1. The van der Waals surface area contributed by atoms with Crippen molar-refractivity contribution in [2.45, 2.75) is 31.2 Å². The Morgan fingerprint density at radius 3 is 2.37 bits per heavy atom. The van der Waals surface area contributed by atoms with Gasteiger partial charge in [0.15, 0.2) is 0 Å². The Bertz CT molecular complexity index is 2040. The maximum Gasteiger partial charge on any atom is 0.260 e. The molecule has 1 unspecified atom stereocenters. The highest BCUT2D eigenvalue weighted by Crippen LogP contribution is 2.50. The Morgan fingerprint density at radius 1 is 0.981 bits per heavy atom. The van der Waals surface area contributed by atoms with Crippen molar-refractivity contribution in [3.05, 3.63) is 47.3 Å². The van der Waals surface area contributed by atoms with Crippen molar-refractivity contribution in [2.24, 2.45) is 5.92 Å². The average molecular weight is 800 g/mol. The predicted octanol–water partition coefficient (Wildman–Crippen LogP) is 5.74. The van der Waals surface area contributed by atoms with Crippen LogP contribution in [0.1, 0.15) is 19.3 Å². The number of aromatic nitrogens is 4. The predicted molar refractivity (Wildman–Crippen MR) is 204 cm³/mol. The molecular weight excluding hydrogens is 757 g/mol. The number of nitrogens with one attached hydrogen (secondary N) is 3. The third-order valence-corrected chi connectivity index (χ3v) is 12.1. The first-order valence-electron chi connectivity index (χ1n) is 17.2. The zero-order valence-electron chi connectivity index (χ0n) is 29.5. The minimum atomic E-state index is -3.01. The van der Waals surface area contributed by atoms with Gasteiger partial charge in [0.25, 0.3) is 5.92 Å². The van der Waals surface area contributed by atoms with Crippen LogP contribution in [0.2, 0.25) is 0 Å². The molecule has 2 aliphatic heterocycles. The molecule has 0 spiro atoms. The van der Waals surface area contributed by atoms with Crippen molar-refractivity contribution in [2.75, 3.05) is 87.6 Å². The Morgan fingerprint density at radius 2 is 1.69 bits per heavy atom. The van der Waals surface area contributed by atoms with E-state index in [4.69, 9.17) is 9.72 Å². The summed E-state index contributed by atoms with van der Waals surface area (Å²) in [6, 6.07) is 7.56. The van der Waals surface area contributed by atoms with E-state index in [9.17, 15) is 18.1 Å². The fourth-order valence-corrected chi connectivity index (χ4v) is 8.69. The number of carbonyl (C=O) groups is 1. The van der Waals surface area contributed by atoms with Crippen LogP contribution in [0.25, 0.3) is 11.0 Å². The van der Waals surface area contributed by atoms with Crippen LogP contribution in [-0.4, -0.2) is 114 Å². The first-order chi connectivity index (χ1) is 24.8. The van der Waals surface area contributed by atoms with Crippen LogP contribution in [0.15, 0.2) is 47.3 Å². The quantitative estimate of drug-likeness (QED) is 0.169. The number of anilines is 6. The molecule has 52 heavy (non-hydrogen) atoms. The summed E-state index contributed by atoms with van der Waals surface area (Å²) in [5, 5.41) is 9.83. The molecule has 4 aromatic rings. The van der Waals surface area contributed by atoms with E-state index in [-0.39, 0.29) is 5.95 Å². The van der Waals surface area contributed by atoms with Gasteiger partial charge in [-0.15, -0.1) is 0 Å². The lowest BCUT2D eigenvalue weighted by atomic mass is 10.0. The lowest BCUT2D eigenvalue weighted by Crippen LogP contribution is -2.52. The normalized spacial score (nSPS) is 19.8. The van der Waals surface area contributed by atoms with E-state index in [0.29, 0.717) is 61.2 Å². The SMILES string of the molecule is COc1cc(N2CCC(N3CCN(C)CC3)CC2)c(NC(=O)C2CC2(F)F)cc1Nc1ncc(Br)c(Nc2ccc3nccnc3c2P(C)(C)=O)n1. The van der Waals surface area contributed by atoms with Gasteiger partial charge in [0, 0.05) is 76.4 Å². The standard InChI is InChI=1S/C35H42BrF2N10O3P/c1-46-13-15-47(16-14-46)21-7-11-48(12-8-21)28-18-29(51-2)27(17-26(28)43-33(49)22-19-35(22,37)38)44-34-41-20-23(36)32(45-34)42-25-6-5-24-30(40-10-9-39-24)31(25)52(3,4)50/h5-6,9-10,17-18,20-22H,7-8,11-16,19H2,1-4H3,(H,43,49)(H2,41,42,44,45). The zero-order valence-corrected chi connectivity index (χ0v) is 32.0. The number of ether oxygens (including phenoxy) is 1. The average Bonchev–Trinajstić information content (AvgIpc) is 3.77. The van der Waals surface area contributed by atoms with E-state index in [0.717, 1.165) is 52.1 Å². The van der Waals surface area contributed by atoms with E-state index in [1.807, 2.05) is 6.07 Å². The number of likely N-dealkylation sites (N-methyl/N-ethyl adjacent to an activating group) is 1. The number of hydrogen-bond donors (Lipinski definition) is 3. The lowest BCUT2D eigenvalue weighted by Gasteiger charge is -2.43. The number of nitrogens with zero attached hydrogens (tertiary/aromatic N) is 7. The number of rotatable bonds is 10. The topological polar surface area (TPSA) is 141 Å². The molecule has 3 N–H and O–H groups in total. The summed E-state index contributed by atoms with van der Waals surface area (Å²) in [4.78, 5) is 38.1. The number of amides is 1. The number of halogens is 3. The minimum Gasteiger partial charge on any atom is -0.494 e. The molecule has 7 rings (SSSR count). The van der Waals surface area contributed by atoms with Gasteiger partial charge in [-0.05, 0) is 67.3 Å². The first kappa shape index (κ1) is 36.4. The van der Waals surface area contributed by atoms with Crippen molar-refractivity contribution in [3.8, 4) is 5.75 Å². The Kier molecular flexibility index (Phi) is 10.1. The van der Waals surface area contributed by atoms with Gasteiger partial charge in [-0.1, -0.05) is 0 Å². The second kappa shape index (κ2) is 14.4. The lowest BCUT2D eigenvalue weighted by molar-refractivity contribution is -0.119. The highest BCUT2D eigenvalue weighted by atomic mass is 79.9. The van der Waals surface area contributed by atoms with Crippen molar-refractivity contribution in [1.82, 2.24) is 29.7 Å². The molecule has 3 aliphatic rings. The zero-order chi connectivity index (χ0) is 36.8. The minimum absolute atomic E-state index is 0.189. The molecule has 1 atom stereocenters. The monoisotopic (exact) mass is 798 g/mol. The van der Waals surface area contributed by atoms with Crippen LogP contribution in [0.5, 0.6) is 5.75 Å². The molecule has 3 fully saturated rings. The van der Waals surface area contributed by atoms with E-state index in [1.165, 1.54) is 0 Å². The summed E-state index contributed by atoms with van der Waals surface area (Å²) in [5.74, 6) is -4.05. The van der Waals surface area contributed by atoms with Crippen LogP contribution < -0.4 is 30.9 Å². The maximum atomic E-state index is 14.0. The fourth-order valence-electron chi connectivity index (χ4n) is 7.00. The maximum absolute atomic E-state index is 14.0. The summed E-state index contributed by atoms with van der Waals surface area (Å²) < 4.78 is 47.8. The summed E-state index contributed by atoms with van der Waals surface area (Å²) in [6.07, 6.45) is 6.14. The van der Waals surface area contributed by atoms with Crippen LogP contribution in [-0.2, 0) is 9.36 Å². The summed E-state index contributed by atoms with van der Waals surface area (Å²) in [7, 11) is 0.854. The third-order valence-electron chi connectivity index (χ3n) is 9.97. The van der Waals surface area contributed by atoms with Crippen molar-refractivity contribution < 1.29 is 22.9 Å². The number of alkyl halides is 2. The van der Waals surface area contributed by atoms with Crippen LogP contribution >= 0.6 is 23.1 Å². The van der Waals surface area contributed by atoms with E-state index < -0.39 is 31.3 Å². The van der Waals surface area contributed by atoms with Gasteiger partial charge in [-0.25, -0.2) is 13.8 Å². The molecule has 13 nitrogen and oxygen atoms in total. The smallest absolute Gasteiger partial charge is 0.260 e. The second-order valence-corrected chi connectivity index (χ2v) is 18.0. The van der Waals surface area contributed by atoms with Gasteiger partial charge in [-0.3, -0.25) is 19.7 Å².